The van der Waals surface area contributed by atoms with Gasteiger partial charge in [0, 0.05) is 17.9 Å². The van der Waals surface area contributed by atoms with Crippen molar-refractivity contribution >= 4 is 79.8 Å². The Bertz CT molecular complexity index is 1010. The van der Waals surface area contributed by atoms with Crippen LogP contribution < -0.4 is 4.74 Å². The van der Waals surface area contributed by atoms with Crippen LogP contribution in [-0.2, 0) is 10.1 Å². The molecule has 0 saturated carbocycles. The van der Waals surface area contributed by atoms with E-state index in [1.807, 2.05) is 0 Å². The summed E-state index contributed by atoms with van der Waals surface area (Å²) in [6.07, 6.45) is 0. The topological polar surface area (TPSA) is 80.7 Å². The summed E-state index contributed by atoms with van der Waals surface area (Å²) in [7, 11) is -4.39. The number of carbonyl (C=O) groups excluding carboxylic acids is 1. The maximum atomic E-state index is 12.8. The molecule has 146 valence electrons. The van der Waals surface area contributed by atoms with E-state index < -0.39 is 16.1 Å². The molecular weight excluding hydrogens is 636 g/mol. The molecule has 0 amide bonds. The molecule has 0 aliphatic rings. The third-order valence-corrected chi connectivity index (χ3v) is 8.60. The van der Waals surface area contributed by atoms with Gasteiger partial charge in [0.05, 0.1) is 10.5 Å². The first-order valence-electron chi connectivity index (χ1n) is 7.51. The monoisotopic (exact) mass is 646 g/mol. The van der Waals surface area contributed by atoms with E-state index in [0.29, 0.717) is 29.0 Å². The molecule has 27 heavy (non-hydrogen) atoms. The molecule has 0 unspecified atom stereocenters. The Kier molecular flexibility index (Phi) is 7.35. The average Bonchev–Trinajstić information content (AvgIpc) is 2.53. The first-order chi connectivity index (χ1) is 12.3. The molecule has 2 rings (SSSR count). The summed E-state index contributed by atoms with van der Waals surface area (Å²) in [6.45, 7) is 5.16. The number of hydrogen-bond donors (Lipinski definition) is 1. The molecule has 5 nitrogen and oxygen atoms in total. The van der Waals surface area contributed by atoms with Crippen LogP contribution in [0.3, 0.4) is 0 Å². The molecule has 0 aliphatic carbocycles. The zero-order valence-corrected chi connectivity index (χ0v) is 21.5. The highest BCUT2D eigenvalue weighted by atomic mass is 79.9. The van der Waals surface area contributed by atoms with Crippen LogP contribution in [0.25, 0.3) is 0 Å². The second-order valence-corrected chi connectivity index (χ2v) is 10.7. The molecule has 0 atom stereocenters. The Balaban J connectivity index is 2.56. The second-order valence-electron chi connectivity index (χ2n) is 6.02. The van der Waals surface area contributed by atoms with Crippen molar-refractivity contribution in [3.8, 4) is 5.75 Å². The number of hydrogen-bond acceptors (Lipinski definition) is 4. The fourth-order valence-electron chi connectivity index (χ4n) is 2.37. The van der Waals surface area contributed by atoms with Gasteiger partial charge in [0.1, 0.15) is 5.75 Å². The third-order valence-electron chi connectivity index (χ3n) is 3.73. The summed E-state index contributed by atoms with van der Waals surface area (Å²) < 4.78 is 40.7. The van der Waals surface area contributed by atoms with Crippen LogP contribution in [0.5, 0.6) is 5.75 Å². The zero-order valence-electron chi connectivity index (χ0n) is 14.3. The third kappa shape index (κ3) is 5.02. The second kappa shape index (κ2) is 8.62. The van der Waals surface area contributed by atoms with Gasteiger partial charge < -0.3 is 4.74 Å². The fraction of sp³-hybridized carbons (Fsp3) is 0.235. The lowest BCUT2D eigenvalue weighted by molar-refractivity contribution is 0.0731. The first-order valence-corrected chi connectivity index (χ1v) is 12.1. The molecular formula is C17H14Br4O5S. The van der Waals surface area contributed by atoms with E-state index in [1.54, 1.807) is 26.8 Å². The first kappa shape index (κ1) is 23.0. The number of aryl methyl sites for hydroxylation is 1. The maximum absolute atomic E-state index is 12.8. The number of ether oxygens (including phenoxy) is 1. The van der Waals surface area contributed by atoms with Gasteiger partial charge in [-0.15, -0.1) is 0 Å². The predicted octanol–water partition coefficient (Wildman–Crippen LogP) is 6.63. The molecule has 10 heteroatoms. The van der Waals surface area contributed by atoms with Gasteiger partial charge in [-0.1, -0.05) is 13.8 Å². The van der Waals surface area contributed by atoms with Crippen LogP contribution in [0.4, 0.5) is 0 Å². The van der Waals surface area contributed by atoms with Crippen LogP contribution in [0.1, 0.15) is 41.3 Å². The summed E-state index contributed by atoms with van der Waals surface area (Å²) >= 11 is 13.4. The molecule has 1 N–H and O–H groups in total. The van der Waals surface area contributed by atoms with Crippen molar-refractivity contribution < 1.29 is 22.5 Å². The van der Waals surface area contributed by atoms with Crippen LogP contribution in [0.2, 0.25) is 0 Å². The van der Waals surface area contributed by atoms with Crippen LogP contribution in [-0.4, -0.2) is 18.9 Å². The van der Waals surface area contributed by atoms with Crippen LogP contribution >= 0.6 is 63.7 Å². The Morgan fingerprint density at radius 3 is 2.00 bits per heavy atom. The van der Waals surface area contributed by atoms with Crippen molar-refractivity contribution in [1.82, 2.24) is 0 Å². The molecule has 0 fully saturated rings. The van der Waals surface area contributed by atoms with Gasteiger partial charge in [0.2, 0.25) is 0 Å². The minimum atomic E-state index is -4.39. The van der Waals surface area contributed by atoms with Crippen LogP contribution in [0, 0.1) is 6.92 Å². The van der Waals surface area contributed by atoms with E-state index in [-0.39, 0.29) is 22.1 Å². The van der Waals surface area contributed by atoms with Crippen molar-refractivity contribution in [2.75, 3.05) is 0 Å². The molecule has 2 aromatic rings. The van der Waals surface area contributed by atoms with E-state index in [2.05, 4.69) is 63.7 Å². The summed E-state index contributed by atoms with van der Waals surface area (Å²) in [6, 6.07) is 4.54. The summed E-state index contributed by atoms with van der Waals surface area (Å²) in [5.74, 6) is -0.627. The number of carbonyl (C=O) groups is 1. The summed E-state index contributed by atoms with van der Waals surface area (Å²) in [5, 5.41) is 0. The lowest BCUT2D eigenvalue weighted by Gasteiger charge is -2.16. The Morgan fingerprint density at radius 1 is 1.04 bits per heavy atom. The van der Waals surface area contributed by atoms with Gasteiger partial charge in [0.15, 0.2) is 0 Å². The van der Waals surface area contributed by atoms with E-state index in [0.717, 1.165) is 0 Å². The number of halogens is 4. The normalized spacial score (nSPS) is 11.7. The van der Waals surface area contributed by atoms with E-state index in [1.165, 1.54) is 12.1 Å². The van der Waals surface area contributed by atoms with Crippen molar-refractivity contribution in [2.45, 2.75) is 31.6 Å². The molecule has 0 saturated heterocycles. The quantitative estimate of drug-likeness (QED) is 0.174. The Hall–Kier alpha value is -0.260. The lowest BCUT2D eigenvalue weighted by atomic mass is 10.0. The van der Waals surface area contributed by atoms with E-state index >= 15 is 0 Å². The number of rotatable bonds is 4. The van der Waals surface area contributed by atoms with Crippen molar-refractivity contribution in [2.24, 2.45) is 0 Å². The zero-order chi connectivity index (χ0) is 20.7. The standard InChI is InChI=1S/C17H14Br4O5S/c1-7(2)9-5-12(8(3)4-13(9)27(23,24)25)26-17(22)14-15(20)10(18)6-11(19)16(14)21/h4-7H,1-3H3,(H,23,24,25). The lowest BCUT2D eigenvalue weighted by Crippen LogP contribution is -2.13. The largest absolute Gasteiger partial charge is 0.423 e. The molecule has 0 bridgehead atoms. The van der Waals surface area contributed by atoms with Gasteiger partial charge in [-0.05, 0) is 106 Å². The molecule has 0 heterocycles. The van der Waals surface area contributed by atoms with Gasteiger partial charge >= 0.3 is 5.97 Å². The highest BCUT2D eigenvalue weighted by Gasteiger charge is 2.24. The van der Waals surface area contributed by atoms with Gasteiger partial charge in [0.25, 0.3) is 10.1 Å². The SMILES string of the molecule is Cc1cc(S(=O)(=O)O)c(C(C)C)cc1OC(=O)c1c(Br)c(Br)cc(Br)c1Br. The molecule has 0 radical (unpaired) electrons. The molecule has 0 aromatic heterocycles. The highest BCUT2D eigenvalue weighted by Crippen LogP contribution is 2.39. The number of esters is 1. The van der Waals surface area contributed by atoms with Crippen LogP contribution in [0.15, 0.2) is 41.0 Å². The highest BCUT2D eigenvalue weighted by molar-refractivity contribution is 9.14. The fourth-order valence-corrected chi connectivity index (χ4v) is 5.66. The minimum absolute atomic E-state index is 0.192. The van der Waals surface area contributed by atoms with Crippen molar-refractivity contribution in [3.05, 3.63) is 52.8 Å². The summed E-state index contributed by atoms with van der Waals surface area (Å²) in [4.78, 5) is 12.6. The summed E-state index contributed by atoms with van der Waals surface area (Å²) in [5.41, 5.74) is 1.03. The van der Waals surface area contributed by atoms with Gasteiger partial charge in [-0.25, -0.2) is 4.79 Å². The molecule has 0 aliphatic heterocycles. The van der Waals surface area contributed by atoms with Gasteiger partial charge in [-0.2, -0.15) is 8.42 Å². The molecule has 0 spiro atoms. The average molecular weight is 650 g/mol. The van der Waals surface area contributed by atoms with Gasteiger partial charge in [-0.3, -0.25) is 4.55 Å². The van der Waals surface area contributed by atoms with E-state index in [9.17, 15) is 17.8 Å². The maximum Gasteiger partial charge on any atom is 0.345 e. The van der Waals surface area contributed by atoms with E-state index in [4.69, 9.17) is 4.74 Å². The minimum Gasteiger partial charge on any atom is -0.423 e. The Labute approximate surface area is 191 Å². The van der Waals surface area contributed by atoms with Crippen molar-refractivity contribution in [3.63, 3.8) is 0 Å². The number of benzene rings is 2. The smallest absolute Gasteiger partial charge is 0.345 e. The predicted molar refractivity (Wildman–Crippen MR) is 117 cm³/mol. The Morgan fingerprint density at radius 2 is 1.56 bits per heavy atom. The molecule has 2 aromatic carbocycles. The van der Waals surface area contributed by atoms with Crippen molar-refractivity contribution in [1.29, 1.82) is 0 Å².